The van der Waals surface area contributed by atoms with Crippen molar-refractivity contribution in [2.75, 3.05) is 10.6 Å². The predicted octanol–water partition coefficient (Wildman–Crippen LogP) is 3.56. The van der Waals surface area contributed by atoms with Crippen LogP contribution in [0.3, 0.4) is 0 Å². The first-order valence-corrected chi connectivity index (χ1v) is 9.97. The largest absolute Gasteiger partial charge is 0.365 e. The number of amides is 2. The molecule has 0 bridgehead atoms. The van der Waals surface area contributed by atoms with E-state index in [1.54, 1.807) is 53.9 Å². The van der Waals surface area contributed by atoms with E-state index in [0.717, 1.165) is 4.88 Å². The monoisotopic (exact) mass is 418 g/mol. The lowest BCUT2D eigenvalue weighted by Crippen LogP contribution is -2.14. The summed E-state index contributed by atoms with van der Waals surface area (Å²) in [4.78, 5) is 29.4. The van der Waals surface area contributed by atoms with Crippen molar-refractivity contribution in [1.29, 1.82) is 0 Å². The second-order valence-electron chi connectivity index (χ2n) is 6.41. The Morgan fingerprint density at radius 3 is 2.57 bits per heavy atom. The summed E-state index contributed by atoms with van der Waals surface area (Å²) >= 11 is 1.54. The third kappa shape index (κ3) is 4.36. The number of anilines is 3. The minimum absolute atomic E-state index is 0.0913. The zero-order valence-corrected chi connectivity index (χ0v) is 16.6. The van der Waals surface area contributed by atoms with Gasteiger partial charge in [-0.1, -0.05) is 24.3 Å². The fraction of sp³-hybridized carbons (Fsp3) is 0.0476. The summed E-state index contributed by atoms with van der Waals surface area (Å²) in [5.41, 5.74) is 7.68. The normalized spacial score (nSPS) is 10.5. The van der Waals surface area contributed by atoms with Gasteiger partial charge in [0, 0.05) is 22.3 Å². The smallest absolute Gasteiger partial charge is 0.254 e. The first-order chi connectivity index (χ1) is 14.6. The van der Waals surface area contributed by atoms with Crippen molar-refractivity contribution in [2.45, 2.75) is 6.42 Å². The van der Waals surface area contributed by atoms with Crippen LogP contribution in [0.5, 0.6) is 0 Å². The van der Waals surface area contributed by atoms with Gasteiger partial charge >= 0.3 is 0 Å². The number of hydrogen-bond acceptors (Lipinski definition) is 6. The van der Waals surface area contributed by atoms with Gasteiger partial charge in [0.1, 0.15) is 11.4 Å². The summed E-state index contributed by atoms with van der Waals surface area (Å²) in [6.45, 7) is 0. The van der Waals surface area contributed by atoms with E-state index in [9.17, 15) is 9.59 Å². The summed E-state index contributed by atoms with van der Waals surface area (Å²) in [6, 6.07) is 16.3. The average molecular weight is 418 g/mol. The Kier molecular flexibility index (Phi) is 5.53. The molecule has 4 aromatic rings. The zero-order chi connectivity index (χ0) is 20.9. The minimum atomic E-state index is -0.620. The third-order valence-electron chi connectivity index (χ3n) is 4.30. The van der Waals surface area contributed by atoms with Crippen LogP contribution < -0.4 is 16.4 Å². The van der Waals surface area contributed by atoms with Crippen molar-refractivity contribution in [2.24, 2.45) is 5.73 Å². The van der Waals surface area contributed by atoms with Crippen LogP contribution in [0, 0.1) is 0 Å². The number of pyridine rings is 1. The summed E-state index contributed by atoms with van der Waals surface area (Å²) in [7, 11) is 0. The molecule has 0 aliphatic heterocycles. The molecule has 3 heterocycles. The molecule has 8 nitrogen and oxygen atoms in total. The highest BCUT2D eigenvalue weighted by Gasteiger charge is 2.20. The summed E-state index contributed by atoms with van der Waals surface area (Å²) < 4.78 is 0. The Balaban J connectivity index is 1.52. The standard InChI is InChI=1S/C21H18N6O2S/c22-20(29)18-19(26-27-21(18)25-16-5-1-2-10-23-16)13-6-8-14(9-7-13)24-17(28)12-15-4-3-11-30-15/h1-11H,12H2,(H2,22,29)(H,24,28)(H2,23,25,26,27). The maximum Gasteiger partial charge on any atom is 0.254 e. The van der Waals surface area contributed by atoms with Crippen molar-refractivity contribution in [1.82, 2.24) is 15.2 Å². The molecule has 30 heavy (non-hydrogen) atoms. The quantitative estimate of drug-likeness (QED) is 0.365. The Hall–Kier alpha value is -3.98. The van der Waals surface area contributed by atoms with Gasteiger partial charge < -0.3 is 16.4 Å². The number of benzene rings is 1. The van der Waals surface area contributed by atoms with Gasteiger partial charge in [0.2, 0.25) is 5.91 Å². The average Bonchev–Trinajstić information content (AvgIpc) is 3.39. The molecule has 0 unspecified atom stereocenters. The van der Waals surface area contributed by atoms with Gasteiger partial charge in [0.15, 0.2) is 5.82 Å². The van der Waals surface area contributed by atoms with Gasteiger partial charge in [-0.15, -0.1) is 11.3 Å². The minimum Gasteiger partial charge on any atom is -0.365 e. The van der Waals surface area contributed by atoms with Crippen molar-refractivity contribution in [3.63, 3.8) is 0 Å². The maximum atomic E-state index is 12.2. The molecule has 0 aliphatic carbocycles. The van der Waals surface area contributed by atoms with E-state index in [0.29, 0.717) is 35.0 Å². The molecule has 9 heteroatoms. The van der Waals surface area contributed by atoms with Crippen LogP contribution in [0.1, 0.15) is 15.2 Å². The molecule has 4 rings (SSSR count). The second kappa shape index (κ2) is 8.58. The fourth-order valence-corrected chi connectivity index (χ4v) is 3.64. The molecule has 150 valence electrons. The van der Waals surface area contributed by atoms with Gasteiger partial charge in [0.25, 0.3) is 5.91 Å². The summed E-state index contributed by atoms with van der Waals surface area (Å²) in [5, 5.41) is 14.8. The highest BCUT2D eigenvalue weighted by molar-refractivity contribution is 7.10. The number of carbonyl (C=O) groups excluding carboxylic acids is 2. The molecule has 1 aromatic carbocycles. The number of nitrogens with two attached hydrogens (primary N) is 1. The number of hydrogen-bond donors (Lipinski definition) is 4. The maximum absolute atomic E-state index is 12.2. The van der Waals surface area contributed by atoms with E-state index in [1.807, 2.05) is 23.6 Å². The van der Waals surface area contributed by atoms with E-state index < -0.39 is 5.91 Å². The third-order valence-corrected chi connectivity index (χ3v) is 5.17. The second-order valence-corrected chi connectivity index (χ2v) is 7.44. The molecular formula is C21H18N6O2S. The van der Waals surface area contributed by atoms with E-state index >= 15 is 0 Å². The number of nitrogens with zero attached hydrogens (tertiary/aromatic N) is 2. The number of thiophene rings is 1. The highest BCUT2D eigenvalue weighted by Crippen LogP contribution is 2.29. The summed E-state index contributed by atoms with van der Waals surface area (Å²) in [5.74, 6) is 0.128. The lowest BCUT2D eigenvalue weighted by atomic mass is 10.1. The predicted molar refractivity (Wildman–Crippen MR) is 117 cm³/mol. The molecule has 0 saturated carbocycles. The number of nitrogens with one attached hydrogen (secondary N) is 3. The summed E-state index contributed by atoms with van der Waals surface area (Å²) in [6.07, 6.45) is 1.96. The van der Waals surface area contributed by atoms with Crippen LogP contribution in [0.4, 0.5) is 17.3 Å². The Morgan fingerprint density at radius 2 is 1.90 bits per heavy atom. The molecule has 0 fully saturated rings. The molecule has 3 aromatic heterocycles. The van der Waals surface area contributed by atoms with Gasteiger partial charge in [-0.2, -0.15) is 5.10 Å². The number of aromatic amines is 1. The zero-order valence-electron chi connectivity index (χ0n) is 15.8. The number of aromatic nitrogens is 3. The van der Waals surface area contributed by atoms with E-state index in [2.05, 4.69) is 25.8 Å². The van der Waals surface area contributed by atoms with Crippen LogP contribution in [0.25, 0.3) is 11.3 Å². The van der Waals surface area contributed by atoms with Crippen molar-refractivity contribution in [3.05, 3.63) is 76.6 Å². The van der Waals surface area contributed by atoms with Gasteiger partial charge in [-0.25, -0.2) is 4.98 Å². The van der Waals surface area contributed by atoms with Crippen LogP contribution in [-0.2, 0) is 11.2 Å². The van der Waals surface area contributed by atoms with Gasteiger partial charge in [0.05, 0.1) is 12.1 Å². The molecule has 0 radical (unpaired) electrons. The van der Waals surface area contributed by atoms with Crippen molar-refractivity contribution in [3.8, 4) is 11.3 Å². The lowest BCUT2D eigenvalue weighted by Gasteiger charge is -2.07. The number of H-pyrrole nitrogens is 1. The van der Waals surface area contributed by atoms with Crippen molar-refractivity contribution >= 4 is 40.5 Å². The molecule has 0 atom stereocenters. The fourth-order valence-electron chi connectivity index (χ4n) is 2.94. The SMILES string of the molecule is NC(=O)c1c(Nc2ccccn2)n[nH]c1-c1ccc(NC(=O)Cc2cccs2)cc1. The number of carbonyl (C=O) groups is 2. The van der Waals surface area contributed by atoms with E-state index in [1.165, 1.54) is 0 Å². The molecule has 2 amide bonds. The molecule has 0 saturated heterocycles. The van der Waals surface area contributed by atoms with Crippen LogP contribution in [-0.4, -0.2) is 27.0 Å². The van der Waals surface area contributed by atoms with E-state index in [4.69, 9.17) is 5.73 Å². The molecular weight excluding hydrogens is 400 g/mol. The topological polar surface area (TPSA) is 126 Å². The molecule has 0 spiro atoms. The Bertz CT molecular complexity index is 1150. The van der Waals surface area contributed by atoms with Crippen LogP contribution >= 0.6 is 11.3 Å². The van der Waals surface area contributed by atoms with Crippen molar-refractivity contribution < 1.29 is 9.59 Å². The van der Waals surface area contributed by atoms with Gasteiger partial charge in [-0.3, -0.25) is 14.7 Å². The molecule has 0 aliphatic rings. The molecule has 5 N–H and O–H groups in total. The Labute approximate surface area is 176 Å². The van der Waals surface area contributed by atoms with Crippen LogP contribution in [0.2, 0.25) is 0 Å². The van der Waals surface area contributed by atoms with Crippen LogP contribution in [0.15, 0.2) is 66.2 Å². The van der Waals surface area contributed by atoms with E-state index in [-0.39, 0.29) is 11.5 Å². The lowest BCUT2D eigenvalue weighted by molar-refractivity contribution is -0.115. The highest BCUT2D eigenvalue weighted by atomic mass is 32.1. The Morgan fingerprint density at radius 1 is 1.07 bits per heavy atom. The first-order valence-electron chi connectivity index (χ1n) is 9.09. The van der Waals surface area contributed by atoms with Gasteiger partial charge in [-0.05, 0) is 35.7 Å². The number of primary amides is 1. The first kappa shape index (κ1) is 19.3. The number of rotatable bonds is 7.